The number of fused-ring (bicyclic) bond motifs is 5. The molecule has 13 heteroatoms. The van der Waals surface area contributed by atoms with Gasteiger partial charge in [0.1, 0.15) is 30.5 Å². The third-order valence-corrected chi connectivity index (χ3v) is 7.09. The molecular formula is C21H26O13. The van der Waals surface area contributed by atoms with E-state index in [9.17, 15) is 35.1 Å². The summed E-state index contributed by atoms with van der Waals surface area (Å²) in [5.74, 6) is -3.02. The Hall–Kier alpha value is -2.10. The zero-order valence-electron chi connectivity index (χ0n) is 18.2. The highest BCUT2D eigenvalue weighted by atomic mass is 16.8. The first-order valence-electron chi connectivity index (χ1n) is 10.8. The fraction of sp³-hybridized carbons (Fsp3) is 0.714. The van der Waals surface area contributed by atoms with E-state index in [1.165, 1.54) is 20.1 Å². The van der Waals surface area contributed by atoms with Gasteiger partial charge in [-0.3, -0.25) is 0 Å². The standard InChI is InChI=1S/C21H26O13/c1-6(23)7-3-21(34-18(7)28)11-10(15-16(21)32-15)8(17(27)29-2)5-30-19(11)33-20-14(26)13(25)12(24)9(4-22)31-20/h3,5-6,9-16,19-20,22-26H,4H2,1-2H3. The van der Waals surface area contributed by atoms with Crippen molar-refractivity contribution in [2.75, 3.05) is 13.7 Å². The molecule has 0 aromatic rings. The fourth-order valence-electron chi connectivity index (χ4n) is 5.37. The number of epoxide rings is 1. The highest BCUT2D eigenvalue weighted by Gasteiger charge is 2.77. The lowest BCUT2D eigenvalue weighted by Gasteiger charge is -2.45. The molecule has 0 amide bonds. The van der Waals surface area contributed by atoms with Gasteiger partial charge in [0.2, 0.25) is 6.29 Å². The maximum atomic E-state index is 12.5. The van der Waals surface area contributed by atoms with Crippen LogP contribution in [-0.4, -0.2) is 112 Å². The third-order valence-electron chi connectivity index (χ3n) is 7.09. The summed E-state index contributed by atoms with van der Waals surface area (Å²) in [7, 11) is 1.20. The summed E-state index contributed by atoms with van der Waals surface area (Å²) in [6, 6.07) is 0. The molecule has 0 radical (unpaired) electrons. The zero-order valence-corrected chi connectivity index (χ0v) is 18.2. The van der Waals surface area contributed by atoms with Crippen LogP contribution in [0.4, 0.5) is 0 Å². The number of carbonyl (C=O) groups is 2. The molecule has 34 heavy (non-hydrogen) atoms. The topological polar surface area (TPSA) is 194 Å². The van der Waals surface area contributed by atoms with Gasteiger partial charge in [-0.05, 0) is 13.0 Å². The highest BCUT2D eigenvalue weighted by Crippen LogP contribution is 2.62. The Kier molecular flexibility index (Phi) is 5.73. The first kappa shape index (κ1) is 23.6. The van der Waals surface area contributed by atoms with Crippen molar-refractivity contribution < 1.29 is 63.5 Å². The van der Waals surface area contributed by atoms with Crippen LogP contribution in [0.25, 0.3) is 0 Å². The van der Waals surface area contributed by atoms with Crippen LogP contribution in [0.2, 0.25) is 0 Å². The van der Waals surface area contributed by atoms with Gasteiger partial charge in [-0.1, -0.05) is 0 Å². The van der Waals surface area contributed by atoms with Gasteiger partial charge in [-0.25, -0.2) is 9.59 Å². The summed E-state index contributed by atoms with van der Waals surface area (Å²) in [5.41, 5.74) is -1.32. The first-order chi connectivity index (χ1) is 16.1. The van der Waals surface area contributed by atoms with Crippen molar-refractivity contribution in [2.24, 2.45) is 11.8 Å². The Morgan fingerprint density at radius 2 is 1.91 bits per heavy atom. The molecule has 2 saturated heterocycles. The Morgan fingerprint density at radius 3 is 2.53 bits per heavy atom. The van der Waals surface area contributed by atoms with Gasteiger partial charge in [-0.2, -0.15) is 0 Å². The van der Waals surface area contributed by atoms with Crippen molar-refractivity contribution in [3.8, 4) is 0 Å². The average molecular weight is 486 g/mol. The van der Waals surface area contributed by atoms with E-state index in [1.807, 2.05) is 0 Å². The van der Waals surface area contributed by atoms with E-state index in [4.69, 9.17) is 28.4 Å². The second-order valence-corrected chi connectivity index (χ2v) is 8.99. The predicted octanol–water partition coefficient (Wildman–Crippen LogP) is -3.17. The van der Waals surface area contributed by atoms with E-state index in [0.717, 1.165) is 6.26 Å². The molecular weight excluding hydrogens is 460 g/mol. The lowest BCUT2D eigenvalue weighted by molar-refractivity contribution is -0.347. The van der Waals surface area contributed by atoms with E-state index in [2.05, 4.69) is 0 Å². The average Bonchev–Trinajstić information content (AvgIpc) is 3.48. The van der Waals surface area contributed by atoms with Crippen molar-refractivity contribution in [2.45, 2.75) is 67.8 Å². The summed E-state index contributed by atoms with van der Waals surface area (Å²) in [6.45, 7) is 0.748. The number of methoxy groups -OCH3 is 1. The van der Waals surface area contributed by atoms with Crippen molar-refractivity contribution in [1.29, 1.82) is 0 Å². The quantitative estimate of drug-likeness (QED) is 0.193. The predicted molar refractivity (Wildman–Crippen MR) is 104 cm³/mol. The molecule has 1 spiro atoms. The first-order valence-corrected chi connectivity index (χ1v) is 10.8. The summed E-state index contributed by atoms with van der Waals surface area (Å²) in [5, 5.41) is 50.0. The molecule has 4 aliphatic heterocycles. The van der Waals surface area contributed by atoms with Gasteiger partial charge in [0.25, 0.3) is 0 Å². The molecule has 188 valence electrons. The van der Waals surface area contributed by atoms with Gasteiger partial charge in [0, 0.05) is 5.92 Å². The van der Waals surface area contributed by atoms with Crippen molar-refractivity contribution in [1.82, 2.24) is 0 Å². The molecule has 0 aromatic heterocycles. The minimum atomic E-state index is -1.70. The number of hydrogen-bond acceptors (Lipinski definition) is 13. The molecule has 12 unspecified atom stereocenters. The van der Waals surface area contributed by atoms with Crippen LogP contribution in [0.15, 0.2) is 23.5 Å². The second-order valence-electron chi connectivity index (χ2n) is 8.99. The lowest BCUT2D eigenvalue weighted by Crippen LogP contribution is -2.61. The number of aliphatic hydroxyl groups is 5. The minimum absolute atomic E-state index is 0.00987. The van der Waals surface area contributed by atoms with Crippen LogP contribution in [0, 0.1) is 11.8 Å². The van der Waals surface area contributed by atoms with Gasteiger partial charge in [0.05, 0.1) is 49.3 Å². The summed E-state index contributed by atoms with van der Waals surface area (Å²) in [6.07, 6.45) is -8.77. The summed E-state index contributed by atoms with van der Waals surface area (Å²) in [4.78, 5) is 25.0. The molecule has 13 nitrogen and oxygen atoms in total. The minimum Gasteiger partial charge on any atom is -0.471 e. The molecule has 12 atom stereocenters. The Balaban J connectivity index is 1.50. The molecule has 5 aliphatic rings. The van der Waals surface area contributed by atoms with Gasteiger partial charge < -0.3 is 54.0 Å². The Bertz CT molecular complexity index is 928. The third kappa shape index (κ3) is 3.31. The largest absolute Gasteiger partial charge is 0.471 e. The maximum absolute atomic E-state index is 12.5. The van der Waals surface area contributed by atoms with Gasteiger partial charge >= 0.3 is 11.9 Å². The number of hydrogen-bond donors (Lipinski definition) is 5. The summed E-state index contributed by atoms with van der Waals surface area (Å²) >= 11 is 0. The molecule has 1 saturated carbocycles. The van der Waals surface area contributed by atoms with Crippen molar-refractivity contribution in [3.05, 3.63) is 23.5 Å². The molecule has 0 bridgehead atoms. The SMILES string of the molecule is COC(=O)C1=COC(OC2OC(CO)C(O)C(O)C2O)C2C1C1OC1C21C=C(C(C)O)C(=O)O1. The van der Waals surface area contributed by atoms with E-state index >= 15 is 0 Å². The molecule has 3 fully saturated rings. The fourth-order valence-corrected chi connectivity index (χ4v) is 5.37. The molecule has 4 heterocycles. The lowest BCUT2D eigenvalue weighted by atomic mass is 9.78. The molecule has 5 rings (SSSR count). The number of aliphatic hydroxyl groups excluding tert-OH is 5. The van der Waals surface area contributed by atoms with Gasteiger partial charge in [-0.15, -0.1) is 0 Å². The van der Waals surface area contributed by atoms with Crippen LogP contribution in [0.1, 0.15) is 6.92 Å². The molecule has 5 N–H and O–H groups in total. The van der Waals surface area contributed by atoms with Gasteiger partial charge in [0.15, 0.2) is 11.9 Å². The van der Waals surface area contributed by atoms with E-state index < -0.39 is 91.3 Å². The summed E-state index contributed by atoms with van der Waals surface area (Å²) < 4.78 is 33.2. The number of esters is 2. The van der Waals surface area contributed by atoms with Crippen LogP contribution >= 0.6 is 0 Å². The van der Waals surface area contributed by atoms with E-state index in [-0.39, 0.29) is 11.1 Å². The van der Waals surface area contributed by atoms with Crippen LogP contribution in [0.5, 0.6) is 0 Å². The Labute approximate surface area is 193 Å². The maximum Gasteiger partial charge on any atom is 0.337 e. The highest BCUT2D eigenvalue weighted by molar-refractivity contribution is 5.93. The van der Waals surface area contributed by atoms with Crippen LogP contribution < -0.4 is 0 Å². The number of ether oxygens (including phenoxy) is 6. The van der Waals surface area contributed by atoms with E-state index in [0.29, 0.717) is 0 Å². The van der Waals surface area contributed by atoms with E-state index in [1.54, 1.807) is 0 Å². The zero-order chi connectivity index (χ0) is 24.5. The van der Waals surface area contributed by atoms with Crippen LogP contribution in [-0.2, 0) is 38.0 Å². The molecule has 1 aliphatic carbocycles. The molecule has 0 aromatic carbocycles. The normalized spacial score (nSPS) is 47.7. The van der Waals surface area contributed by atoms with Crippen molar-refractivity contribution in [3.63, 3.8) is 0 Å². The monoisotopic (exact) mass is 486 g/mol. The smallest absolute Gasteiger partial charge is 0.337 e. The number of rotatable bonds is 5. The second kappa shape index (κ2) is 8.24. The van der Waals surface area contributed by atoms with Crippen LogP contribution in [0.3, 0.4) is 0 Å². The van der Waals surface area contributed by atoms with Crippen molar-refractivity contribution >= 4 is 11.9 Å². The number of carbonyl (C=O) groups excluding carboxylic acids is 2. The Morgan fingerprint density at radius 1 is 1.18 bits per heavy atom.